The van der Waals surface area contributed by atoms with Crippen molar-refractivity contribution < 1.29 is 9.53 Å². The zero-order valence-corrected chi connectivity index (χ0v) is 11.7. The first-order chi connectivity index (χ1) is 7.94. The molecule has 0 amide bonds. The standard InChI is InChI=1S/C12H20N2O2S/c1-5-16-11(15)9-10(17-8-14-9)13-7-6-12(2,3)4/h8,13H,5-7H2,1-4H3. The van der Waals surface area contributed by atoms with Gasteiger partial charge in [-0.1, -0.05) is 20.8 Å². The third-order valence-electron chi connectivity index (χ3n) is 2.20. The van der Waals surface area contributed by atoms with Crippen molar-refractivity contribution in [2.75, 3.05) is 18.5 Å². The SMILES string of the molecule is CCOC(=O)c1ncsc1NCCC(C)(C)C. The second-order valence-electron chi connectivity index (χ2n) is 4.99. The van der Waals surface area contributed by atoms with E-state index >= 15 is 0 Å². The second kappa shape index (κ2) is 6.00. The molecule has 96 valence electrons. The van der Waals surface area contributed by atoms with Crippen LogP contribution in [0.2, 0.25) is 0 Å². The van der Waals surface area contributed by atoms with E-state index in [9.17, 15) is 4.79 Å². The van der Waals surface area contributed by atoms with Crippen LogP contribution < -0.4 is 5.32 Å². The minimum atomic E-state index is -0.355. The number of ether oxygens (including phenoxy) is 1. The van der Waals surface area contributed by atoms with E-state index in [0.29, 0.717) is 12.3 Å². The zero-order chi connectivity index (χ0) is 12.9. The van der Waals surface area contributed by atoms with E-state index < -0.39 is 0 Å². The molecule has 0 fully saturated rings. The van der Waals surface area contributed by atoms with Crippen LogP contribution in [0.15, 0.2) is 5.51 Å². The predicted octanol–water partition coefficient (Wildman–Crippen LogP) is 3.17. The number of nitrogens with one attached hydrogen (secondary N) is 1. The Kier molecular flexibility index (Phi) is 4.93. The van der Waals surface area contributed by atoms with Gasteiger partial charge in [-0.05, 0) is 18.8 Å². The molecule has 0 atom stereocenters. The van der Waals surface area contributed by atoms with Crippen molar-refractivity contribution in [3.8, 4) is 0 Å². The first-order valence-corrected chi connectivity index (χ1v) is 6.66. The Morgan fingerprint density at radius 2 is 2.24 bits per heavy atom. The van der Waals surface area contributed by atoms with E-state index in [-0.39, 0.29) is 11.4 Å². The quantitative estimate of drug-likeness (QED) is 0.822. The molecule has 1 rings (SSSR count). The number of nitrogens with zero attached hydrogens (tertiary/aromatic N) is 1. The molecular weight excluding hydrogens is 236 g/mol. The Balaban J connectivity index is 2.54. The van der Waals surface area contributed by atoms with Crippen LogP contribution in [0, 0.1) is 5.41 Å². The lowest BCUT2D eigenvalue weighted by Gasteiger charge is -2.18. The summed E-state index contributed by atoms with van der Waals surface area (Å²) in [6.45, 7) is 9.56. The molecule has 17 heavy (non-hydrogen) atoms. The predicted molar refractivity (Wildman–Crippen MR) is 70.6 cm³/mol. The first-order valence-electron chi connectivity index (χ1n) is 5.78. The highest BCUT2D eigenvalue weighted by Gasteiger charge is 2.16. The summed E-state index contributed by atoms with van der Waals surface area (Å²) >= 11 is 1.43. The lowest BCUT2D eigenvalue weighted by Crippen LogP contribution is -2.14. The second-order valence-corrected chi connectivity index (χ2v) is 5.84. The van der Waals surface area contributed by atoms with Gasteiger partial charge in [-0.3, -0.25) is 0 Å². The van der Waals surface area contributed by atoms with Crippen LogP contribution in [-0.2, 0) is 4.74 Å². The molecule has 0 saturated heterocycles. The van der Waals surface area contributed by atoms with Gasteiger partial charge in [0.2, 0.25) is 0 Å². The molecule has 0 spiro atoms. The average Bonchev–Trinajstić information content (AvgIpc) is 2.64. The van der Waals surface area contributed by atoms with E-state index in [1.807, 2.05) is 0 Å². The molecule has 0 aliphatic heterocycles. The van der Waals surface area contributed by atoms with Gasteiger partial charge in [0.1, 0.15) is 5.00 Å². The maximum absolute atomic E-state index is 11.6. The molecule has 0 aliphatic rings. The number of hydrogen-bond acceptors (Lipinski definition) is 5. The van der Waals surface area contributed by atoms with Gasteiger partial charge in [-0.15, -0.1) is 11.3 Å². The number of carbonyl (C=O) groups is 1. The van der Waals surface area contributed by atoms with E-state index in [1.165, 1.54) is 11.3 Å². The minimum absolute atomic E-state index is 0.280. The first kappa shape index (κ1) is 14.0. The smallest absolute Gasteiger partial charge is 0.360 e. The largest absolute Gasteiger partial charge is 0.461 e. The van der Waals surface area contributed by atoms with E-state index in [0.717, 1.165) is 18.0 Å². The number of esters is 1. The lowest BCUT2D eigenvalue weighted by atomic mass is 9.92. The van der Waals surface area contributed by atoms with Crippen LogP contribution in [-0.4, -0.2) is 24.1 Å². The summed E-state index contributed by atoms with van der Waals surface area (Å²) in [7, 11) is 0. The van der Waals surface area contributed by atoms with Gasteiger partial charge in [-0.25, -0.2) is 9.78 Å². The van der Waals surface area contributed by atoms with Crippen LogP contribution in [0.25, 0.3) is 0 Å². The van der Waals surface area contributed by atoms with Crippen LogP contribution in [0.4, 0.5) is 5.00 Å². The van der Waals surface area contributed by atoms with Crippen LogP contribution in [0.1, 0.15) is 44.6 Å². The van der Waals surface area contributed by atoms with Gasteiger partial charge in [0.15, 0.2) is 5.69 Å². The highest BCUT2D eigenvalue weighted by Crippen LogP contribution is 2.23. The van der Waals surface area contributed by atoms with Crippen molar-refractivity contribution in [1.82, 2.24) is 4.98 Å². The maximum atomic E-state index is 11.6. The van der Waals surface area contributed by atoms with Gasteiger partial charge >= 0.3 is 5.97 Å². The molecule has 0 radical (unpaired) electrons. The fraction of sp³-hybridized carbons (Fsp3) is 0.667. The van der Waals surface area contributed by atoms with E-state index in [4.69, 9.17) is 4.74 Å². The monoisotopic (exact) mass is 256 g/mol. The molecule has 0 aliphatic carbocycles. The Bertz CT molecular complexity index is 369. The fourth-order valence-corrected chi connectivity index (χ4v) is 1.96. The van der Waals surface area contributed by atoms with Gasteiger partial charge in [0.05, 0.1) is 12.1 Å². The van der Waals surface area contributed by atoms with E-state index in [2.05, 4.69) is 31.1 Å². The highest BCUT2D eigenvalue weighted by molar-refractivity contribution is 7.14. The summed E-state index contributed by atoms with van der Waals surface area (Å²) in [6, 6.07) is 0. The number of aromatic nitrogens is 1. The third kappa shape index (κ3) is 4.73. The van der Waals surface area contributed by atoms with Crippen molar-refractivity contribution in [1.29, 1.82) is 0 Å². The van der Waals surface area contributed by atoms with Crippen molar-refractivity contribution in [3.63, 3.8) is 0 Å². The van der Waals surface area contributed by atoms with Crippen molar-refractivity contribution in [2.24, 2.45) is 5.41 Å². The minimum Gasteiger partial charge on any atom is -0.461 e. The summed E-state index contributed by atoms with van der Waals surface area (Å²) in [5, 5.41) is 4.04. The normalized spacial score (nSPS) is 11.3. The summed E-state index contributed by atoms with van der Waals surface area (Å²) in [5.74, 6) is -0.355. The highest BCUT2D eigenvalue weighted by atomic mass is 32.1. The number of rotatable bonds is 5. The number of hydrogen-bond donors (Lipinski definition) is 1. The van der Waals surface area contributed by atoms with Crippen LogP contribution in [0.5, 0.6) is 0 Å². The van der Waals surface area contributed by atoms with Gasteiger partial charge < -0.3 is 10.1 Å². The van der Waals surface area contributed by atoms with Crippen molar-refractivity contribution >= 4 is 22.3 Å². The molecule has 4 nitrogen and oxygen atoms in total. The molecule has 1 aromatic heterocycles. The third-order valence-corrected chi connectivity index (χ3v) is 2.98. The Hall–Kier alpha value is -1.10. The molecule has 1 heterocycles. The summed E-state index contributed by atoms with van der Waals surface area (Å²) < 4.78 is 4.94. The Morgan fingerprint density at radius 1 is 1.53 bits per heavy atom. The number of thiazole rings is 1. The molecule has 1 aromatic rings. The average molecular weight is 256 g/mol. The van der Waals surface area contributed by atoms with Crippen LogP contribution in [0.3, 0.4) is 0 Å². The molecular formula is C12H20N2O2S. The fourth-order valence-electron chi connectivity index (χ4n) is 1.27. The van der Waals surface area contributed by atoms with Gasteiger partial charge in [-0.2, -0.15) is 0 Å². The van der Waals surface area contributed by atoms with Crippen molar-refractivity contribution in [3.05, 3.63) is 11.2 Å². The van der Waals surface area contributed by atoms with Crippen LogP contribution >= 0.6 is 11.3 Å². The number of anilines is 1. The topological polar surface area (TPSA) is 51.2 Å². The Morgan fingerprint density at radius 3 is 2.82 bits per heavy atom. The summed E-state index contributed by atoms with van der Waals surface area (Å²) in [6.07, 6.45) is 1.03. The lowest BCUT2D eigenvalue weighted by molar-refractivity contribution is 0.0521. The molecule has 5 heteroatoms. The Labute approximate surface area is 106 Å². The van der Waals surface area contributed by atoms with Gasteiger partial charge in [0.25, 0.3) is 0 Å². The maximum Gasteiger partial charge on any atom is 0.360 e. The van der Waals surface area contributed by atoms with Gasteiger partial charge in [0, 0.05) is 6.54 Å². The van der Waals surface area contributed by atoms with E-state index in [1.54, 1.807) is 12.4 Å². The van der Waals surface area contributed by atoms with Crippen molar-refractivity contribution in [2.45, 2.75) is 34.1 Å². The summed E-state index contributed by atoms with van der Waals surface area (Å²) in [5.41, 5.74) is 2.33. The molecule has 0 aromatic carbocycles. The molecule has 0 saturated carbocycles. The zero-order valence-electron chi connectivity index (χ0n) is 10.9. The molecule has 0 bridgehead atoms. The molecule has 1 N–H and O–H groups in total. The molecule has 0 unspecified atom stereocenters. The summed E-state index contributed by atoms with van der Waals surface area (Å²) in [4.78, 5) is 15.6. The number of carbonyl (C=O) groups excluding carboxylic acids is 1.